The van der Waals surface area contributed by atoms with E-state index in [0.717, 1.165) is 5.75 Å². The van der Waals surface area contributed by atoms with Crippen LogP contribution in [-0.4, -0.2) is 18.7 Å². The van der Waals surface area contributed by atoms with Crippen molar-refractivity contribution in [3.05, 3.63) is 29.8 Å². The van der Waals surface area contributed by atoms with E-state index in [-0.39, 0.29) is 12.1 Å². The van der Waals surface area contributed by atoms with Crippen LogP contribution in [0.25, 0.3) is 0 Å². The van der Waals surface area contributed by atoms with Gasteiger partial charge in [0.25, 0.3) is 0 Å². The molecule has 1 aliphatic carbocycles. The van der Waals surface area contributed by atoms with Crippen LogP contribution >= 0.6 is 0 Å². The molecule has 3 N–H and O–H groups in total. The summed E-state index contributed by atoms with van der Waals surface area (Å²) in [5.41, 5.74) is 7.21. The highest BCUT2D eigenvalue weighted by molar-refractivity contribution is 5.29. The summed E-state index contributed by atoms with van der Waals surface area (Å²) in [4.78, 5) is 0. The van der Waals surface area contributed by atoms with E-state index < -0.39 is 0 Å². The largest absolute Gasteiger partial charge is 0.491 e. The van der Waals surface area contributed by atoms with Crippen molar-refractivity contribution in [3.63, 3.8) is 0 Å². The van der Waals surface area contributed by atoms with Gasteiger partial charge in [-0.05, 0) is 44.4 Å². The van der Waals surface area contributed by atoms with Crippen molar-refractivity contribution in [1.82, 2.24) is 5.32 Å². The van der Waals surface area contributed by atoms with E-state index >= 15 is 0 Å². The lowest BCUT2D eigenvalue weighted by molar-refractivity contribution is 0.242. The minimum Gasteiger partial charge on any atom is -0.491 e. The van der Waals surface area contributed by atoms with Gasteiger partial charge in [0.15, 0.2) is 0 Å². The Hall–Kier alpha value is -1.06. The maximum absolute atomic E-state index is 5.95. The third-order valence-electron chi connectivity index (χ3n) is 3.93. The first-order chi connectivity index (χ1) is 9.69. The van der Waals surface area contributed by atoms with Crippen molar-refractivity contribution in [2.75, 3.05) is 6.54 Å². The second-order valence-electron chi connectivity index (χ2n) is 6.03. The molecule has 112 valence electrons. The van der Waals surface area contributed by atoms with Gasteiger partial charge in [-0.1, -0.05) is 31.4 Å². The fraction of sp³-hybridized carbons (Fsp3) is 0.647. The van der Waals surface area contributed by atoms with Gasteiger partial charge < -0.3 is 15.8 Å². The van der Waals surface area contributed by atoms with Crippen LogP contribution < -0.4 is 15.8 Å². The molecule has 0 radical (unpaired) electrons. The lowest BCUT2D eigenvalue weighted by Gasteiger charge is -2.28. The molecule has 0 aliphatic heterocycles. The van der Waals surface area contributed by atoms with Gasteiger partial charge in [-0.15, -0.1) is 0 Å². The average molecular weight is 276 g/mol. The van der Waals surface area contributed by atoms with Crippen LogP contribution in [0.1, 0.15) is 57.6 Å². The number of nitrogens with two attached hydrogens (primary N) is 1. The molecule has 0 spiro atoms. The zero-order valence-electron chi connectivity index (χ0n) is 12.8. The summed E-state index contributed by atoms with van der Waals surface area (Å²) in [6, 6.07) is 9.23. The summed E-state index contributed by atoms with van der Waals surface area (Å²) in [7, 11) is 0. The smallest absolute Gasteiger partial charge is 0.119 e. The van der Waals surface area contributed by atoms with E-state index in [1.54, 1.807) is 0 Å². The van der Waals surface area contributed by atoms with E-state index in [1.807, 2.05) is 26.0 Å². The van der Waals surface area contributed by atoms with Gasteiger partial charge in [0.1, 0.15) is 5.75 Å². The van der Waals surface area contributed by atoms with Crippen molar-refractivity contribution in [3.8, 4) is 5.75 Å². The molecule has 1 aliphatic rings. The second-order valence-corrected chi connectivity index (χ2v) is 6.03. The number of benzene rings is 1. The minimum atomic E-state index is 0.214. The molecule has 3 heteroatoms. The number of ether oxygens (including phenoxy) is 1. The van der Waals surface area contributed by atoms with Gasteiger partial charge in [0, 0.05) is 18.6 Å². The fourth-order valence-electron chi connectivity index (χ4n) is 2.90. The van der Waals surface area contributed by atoms with Gasteiger partial charge in [0.2, 0.25) is 0 Å². The third kappa shape index (κ3) is 4.50. The number of rotatable bonds is 6. The summed E-state index contributed by atoms with van der Waals surface area (Å²) < 4.78 is 5.68. The fourth-order valence-corrected chi connectivity index (χ4v) is 2.90. The summed E-state index contributed by atoms with van der Waals surface area (Å²) in [5, 5.41) is 3.72. The van der Waals surface area contributed by atoms with Crippen molar-refractivity contribution in [2.24, 2.45) is 5.73 Å². The molecule has 2 rings (SSSR count). The molecule has 0 amide bonds. The van der Waals surface area contributed by atoms with Crippen LogP contribution in [-0.2, 0) is 0 Å². The van der Waals surface area contributed by atoms with E-state index in [0.29, 0.717) is 12.6 Å². The van der Waals surface area contributed by atoms with Crippen LogP contribution in [0.5, 0.6) is 5.75 Å². The van der Waals surface area contributed by atoms with Gasteiger partial charge in [-0.2, -0.15) is 0 Å². The maximum atomic E-state index is 5.95. The molecule has 1 aromatic carbocycles. The van der Waals surface area contributed by atoms with Gasteiger partial charge in [-0.3, -0.25) is 0 Å². The number of nitrogens with one attached hydrogen (secondary N) is 1. The predicted molar refractivity (Wildman–Crippen MR) is 84.0 cm³/mol. The predicted octanol–water partition coefficient (Wildman–Crippen LogP) is 3.40. The molecule has 0 heterocycles. The van der Waals surface area contributed by atoms with Crippen LogP contribution in [0.2, 0.25) is 0 Å². The maximum Gasteiger partial charge on any atom is 0.119 e. The quantitative estimate of drug-likeness (QED) is 0.837. The van der Waals surface area contributed by atoms with E-state index in [2.05, 4.69) is 17.4 Å². The average Bonchev–Trinajstić information content (AvgIpc) is 2.46. The van der Waals surface area contributed by atoms with Crippen LogP contribution in [0, 0.1) is 0 Å². The van der Waals surface area contributed by atoms with Crippen molar-refractivity contribution in [2.45, 2.75) is 64.1 Å². The first-order valence-corrected chi connectivity index (χ1v) is 7.91. The molecule has 1 atom stereocenters. The summed E-state index contributed by atoms with van der Waals surface area (Å²) >= 11 is 0. The first-order valence-electron chi connectivity index (χ1n) is 7.91. The third-order valence-corrected chi connectivity index (χ3v) is 3.93. The Morgan fingerprint density at radius 3 is 2.35 bits per heavy atom. The number of hydrogen-bond acceptors (Lipinski definition) is 3. The zero-order chi connectivity index (χ0) is 14.4. The van der Waals surface area contributed by atoms with Gasteiger partial charge in [-0.25, -0.2) is 0 Å². The highest BCUT2D eigenvalue weighted by Gasteiger charge is 2.18. The highest BCUT2D eigenvalue weighted by atomic mass is 16.5. The Kier molecular flexibility index (Phi) is 5.86. The lowest BCUT2D eigenvalue weighted by Crippen LogP contribution is -2.37. The van der Waals surface area contributed by atoms with E-state index in [4.69, 9.17) is 10.5 Å². The van der Waals surface area contributed by atoms with Crippen molar-refractivity contribution < 1.29 is 4.74 Å². The Balaban J connectivity index is 1.95. The molecule has 1 aromatic rings. The Morgan fingerprint density at radius 2 is 1.80 bits per heavy atom. The Morgan fingerprint density at radius 1 is 1.15 bits per heavy atom. The molecule has 0 saturated heterocycles. The number of hydrogen-bond donors (Lipinski definition) is 2. The topological polar surface area (TPSA) is 47.3 Å². The van der Waals surface area contributed by atoms with Gasteiger partial charge in [0.05, 0.1) is 6.10 Å². The zero-order valence-corrected chi connectivity index (χ0v) is 12.8. The molecule has 0 bridgehead atoms. The molecule has 3 nitrogen and oxygen atoms in total. The molecular weight excluding hydrogens is 248 g/mol. The van der Waals surface area contributed by atoms with Crippen molar-refractivity contribution >= 4 is 0 Å². The lowest BCUT2D eigenvalue weighted by atomic mass is 9.94. The Bertz CT molecular complexity index is 382. The van der Waals surface area contributed by atoms with Crippen molar-refractivity contribution in [1.29, 1.82) is 0 Å². The summed E-state index contributed by atoms with van der Waals surface area (Å²) in [6.45, 7) is 4.73. The van der Waals surface area contributed by atoms with E-state index in [9.17, 15) is 0 Å². The minimum absolute atomic E-state index is 0.214. The standard InChI is InChI=1S/C17H28N2O/c1-13(2)20-16-10-8-14(9-11-16)17(12-18)19-15-6-4-3-5-7-15/h8-11,13,15,17,19H,3-7,12,18H2,1-2H3. The van der Waals surface area contributed by atoms with E-state index in [1.165, 1.54) is 37.7 Å². The molecule has 1 saturated carbocycles. The Labute approximate surface area is 122 Å². The SMILES string of the molecule is CC(C)Oc1ccc(C(CN)NC2CCCCC2)cc1. The molecule has 0 aromatic heterocycles. The van der Waals surface area contributed by atoms with Crippen LogP contribution in [0.4, 0.5) is 0 Å². The molecule has 1 unspecified atom stereocenters. The van der Waals surface area contributed by atoms with Crippen LogP contribution in [0.3, 0.4) is 0 Å². The molecule has 1 fully saturated rings. The monoisotopic (exact) mass is 276 g/mol. The van der Waals surface area contributed by atoms with Gasteiger partial charge >= 0.3 is 0 Å². The summed E-state index contributed by atoms with van der Waals surface area (Å²) in [5.74, 6) is 0.928. The van der Waals surface area contributed by atoms with Crippen LogP contribution in [0.15, 0.2) is 24.3 Å². The first kappa shape index (κ1) is 15.3. The molecular formula is C17H28N2O. The summed E-state index contributed by atoms with van der Waals surface area (Å²) in [6.07, 6.45) is 6.85. The molecule has 20 heavy (non-hydrogen) atoms. The highest BCUT2D eigenvalue weighted by Crippen LogP contribution is 2.23. The second kappa shape index (κ2) is 7.65. The normalized spacial score (nSPS) is 18.2.